The van der Waals surface area contributed by atoms with Gasteiger partial charge in [-0.2, -0.15) is 0 Å². The van der Waals surface area contributed by atoms with Crippen molar-refractivity contribution < 1.29 is 0 Å². The second-order valence-electron chi connectivity index (χ2n) is 6.70. The highest BCUT2D eigenvalue weighted by atomic mass is 32.2. The minimum absolute atomic E-state index is 0.120. The molecule has 0 fully saturated rings. The molecule has 0 bridgehead atoms. The van der Waals surface area contributed by atoms with Gasteiger partial charge in [-0.1, -0.05) is 61.5 Å². The third-order valence-corrected chi connectivity index (χ3v) is 6.33. The number of thiocarbonyl (C=S) groups is 1. The first-order valence-corrected chi connectivity index (χ1v) is 10.2. The molecular weight excluding hydrogens is 370 g/mol. The molecule has 3 nitrogen and oxygen atoms in total. The summed E-state index contributed by atoms with van der Waals surface area (Å²) in [6, 6.07) is 21.6. The van der Waals surface area contributed by atoms with Crippen molar-refractivity contribution in [3.63, 3.8) is 0 Å². The maximum atomic E-state index is 5.61. The molecule has 1 N–H and O–H groups in total. The maximum Gasteiger partial charge on any atom is 0.184 e. The molecule has 3 aromatic rings. The number of fused-ring (bicyclic) bond motifs is 1. The van der Waals surface area contributed by atoms with Gasteiger partial charge in [0, 0.05) is 18.3 Å². The van der Waals surface area contributed by atoms with Crippen LogP contribution in [0.1, 0.15) is 42.5 Å². The van der Waals surface area contributed by atoms with E-state index in [4.69, 9.17) is 12.2 Å². The van der Waals surface area contributed by atoms with Crippen LogP contribution < -0.4 is 9.62 Å². The lowest BCUT2D eigenvalue weighted by Crippen LogP contribution is -2.41. The van der Waals surface area contributed by atoms with Gasteiger partial charge in [0.25, 0.3) is 0 Å². The lowest BCUT2D eigenvalue weighted by Gasteiger charge is -2.36. The summed E-state index contributed by atoms with van der Waals surface area (Å²) in [4.78, 5) is 7.50. The maximum absolute atomic E-state index is 5.61. The van der Waals surface area contributed by atoms with Crippen molar-refractivity contribution >= 4 is 35.0 Å². The van der Waals surface area contributed by atoms with Gasteiger partial charge >= 0.3 is 0 Å². The molecule has 2 heterocycles. The van der Waals surface area contributed by atoms with E-state index in [0.717, 1.165) is 15.7 Å². The Balaban J connectivity index is 1.67. The molecule has 2 unspecified atom stereocenters. The van der Waals surface area contributed by atoms with Crippen LogP contribution in [0.5, 0.6) is 0 Å². The van der Waals surface area contributed by atoms with Gasteiger partial charge in [0.2, 0.25) is 0 Å². The molecule has 0 aliphatic carbocycles. The van der Waals surface area contributed by atoms with Crippen molar-refractivity contribution in [3.05, 3.63) is 89.7 Å². The normalized spacial score (nSPS) is 15.6. The van der Waals surface area contributed by atoms with Crippen LogP contribution in [0.15, 0.2) is 78.0 Å². The molecule has 0 saturated carbocycles. The molecule has 0 spiro atoms. The largest absolute Gasteiger partial charge is 0.310 e. The van der Waals surface area contributed by atoms with E-state index in [9.17, 15) is 0 Å². The molecule has 1 aromatic heterocycles. The minimum atomic E-state index is 0.120. The van der Waals surface area contributed by atoms with Crippen molar-refractivity contribution in [2.45, 2.75) is 30.7 Å². The molecule has 136 valence electrons. The summed E-state index contributed by atoms with van der Waals surface area (Å²) in [6.45, 7) is 4.45. The Labute approximate surface area is 170 Å². The fraction of sp³-hybridized carbons (Fsp3) is 0.182. The first-order chi connectivity index (χ1) is 13.1. The molecule has 27 heavy (non-hydrogen) atoms. The number of aromatic nitrogens is 1. The van der Waals surface area contributed by atoms with Gasteiger partial charge in [-0.05, 0) is 53.8 Å². The number of rotatable bonds is 4. The van der Waals surface area contributed by atoms with E-state index in [1.54, 1.807) is 0 Å². The van der Waals surface area contributed by atoms with Crippen molar-refractivity contribution in [3.8, 4) is 0 Å². The highest BCUT2D eigenvalue weighted by Gasteiger charge is 2.27. The fourth-order valence-corrected chi connectivity index (χ4v) is 4.53. The third-order valence-electron chi connectivity index (χ3n) is 5.07. The van der Waals surface area contributed by atoms with Gasteiger partial charge in [0.05, 0.1) is 16.6 Å². The molecule has 2 aromatic carbocycles. The standard InChI is InChI=1S/C22H21N3S2/c1-15(17-7-4-3-5-8-17)18-9-6-10-19(13-18)16(2)25-20-11-12-23-14-21(20)27-24-22(25)26/h3-16H,1-2H3,(H,24,26). The van der Waals surface area contributed by atoms with Crippen molar-refractivity contribution in [2.24, 2.45) is 0 Å². The predicted molar refractivity (Wildman–Crippen MR) is 117 cm³/mol. The molecule has 1 aliphatic rings. The van der Waals surface area contributed by atoms with Gasteiger partial charge in [-0.25, -0.2) is 0 Å². The Kier molecular flexibility index (Phi) is 5.14. The molecule has 5 heteroatoms. The molecular formula is C22H21N3S2. The van der Waals surface area contributed by atoms with E-state index < -0.39 is 0 Å². The molecule has 0 radical (unpaired) electrons. The third kappa shape index (κ3) is 3.57. The average Bonchev–Trinajstić information content (AvgIpc) is 2.73. The second-order valence-corrected chi connectivity index (χ2v) is 7.94. The van der Waals surface area contributed by atoms with Gasteiger partial charge in [0.15, 0.2) is 5.11 Å². The topological polar surface area (TPSA) is 28.2 Å². The van der Waals surface area contributed by atoms with Crippen LogP contribution in [-0.2, 0) is 0 Å². The molecule has 4 rings (SSSR count). The zero-order chi connectivity index (χ0) is 18.8. The van der Waals surface area contributed by atoms with E-state index >= 15 is 0 Å². The average molecular weight is 392 g/mol. The molecule has 0 saturated heterocycles. The van der Waals surface area contributed by atoms with Crippen LogP contribution in [0.4, 0.5) is 5.69 Å². The number of pyridine rings is 1. The zero-order valence-corrected chi connectivity index (χ0v) is 16.9. The second kappa shape index (κ2) is 7.71. The van der Waals surface area contributed by atoms with Gasteiger partial charge in [0.1, 0.15) is 0 Å². The lowest BCUT2D eigenvalue weighted by atomic mass is 9.91. The summed E-state index contributed by atoms with van der Waals surface area (Å²) >= 11 is 7.14. The van der Waals surface area contributed by atoms with Crippen LogP contribution in [0.3, 0.4) is 0 Å². The van der Waals surface area contributed by atoms with Crippen LogP contribution >= 0.6 is 24.2 Å². The van der Waals surface area contributed by atoms with Gasteiger partial charge in [-0.3, -0.25) is 4.98 Å². The Morgan fingerprint density at radius 2 is 1.70 bits per heavy atom. The molecule has 2 atom stereocenters. The SMILES string of the molecule is CC(c1ccccc1)c1cccc(C(C)N2C(=S)NSc3cnccc32)c1. The highest BCUT2D eigenvalue weighted by molar-refractivity contribution is 7.99. The van der Waals surface area contributed by atoms with Gasteiger partial charge in [-0.15, -0.1) is 0 Å². The Hall–Kier alpha value is -2.37. The van der Waals surface area contributed by atoms with E-state index in [2.05, 4.69) is 83.1 Å². The van der Waals surface area contributed by atoms with Crippen LogP contribution in [0.25, 0.3) is 0 Å². The first-order valence-electron chi connectivity index (χ1n) is 9.00. The Morgan fingerprint density at radius 3 is 2.52 bits per heavy atom. The van der Waals surface area contributed by atoms with Crippen LogP contribution in [-0.4, -0.2) is 10.1 Å². The summed E-state index contributed by atoms with van der Waals surface area (Å²) < 4.78 is 3.24. The summed E-state index contributed by atoms with van der Waals surface area (Å²) in [5.74, 6) is 0.344. The van der Waals surface area contributed by atoms with Crippen molar-refractivity contribution in [2.75, 3.05) is 4.90 Å². The molecule has 1 aliphatic heterocycles. The zero-order valence-electron chi connectivity index (χ0n) is 15.3. The summed E-state index contributed by atoms with van der Waals surface area (Å²) in [7, 11) is 0. The van der Waals surface area contributed by atoms with E-state index in [1.165, 1.54) is 28.6 Å². The highest BCUT2D eigenvalue weighted by Crippen LogP contribution is 2.38. The number of benzene rings is 2. The predicted octanol–water partition coefficient (Wildman–Crippen LogP) is 5.70. The number of hydrogen-bond acceptors (Lipinski definition) is 3. The van der Waals surface area contributed by atoms with E-state index in [0.29, 0.717) is 5.92 Å². The number of anilines is 1. The monoisotopic (exact) mass is 391 g/mol. The van der Waals surface area contributed by atoms with Crippen LogP contribution in [0.2, 0.25) is 0 Å². The Bertz CT molecular complexity index is 959. The summed E-state index contributed by atoms with van der Waals surface area (Å²) in [5, 5.41) is 0.729. The minimum Gasteiger partial charge on any atom is -0.310 e. The first kappa shape index (κ1) is 18.0. The summed E-state index contributed by atoms with van der Waals surface area (Å²) in [5.41, 5.74) is 4.98. The van der Waals surface area contributed by atoms with Gasteiger partial charge < -0.3 is 9.62 Å². The lowest BCUT2D eigenvalue weighted by molar-refractivity contribution is 0.774. The fourth-order valence-electron chi connectivity index (χ4n) is 3.46. The molecule has 0 amide bonds. The van der Waals surface area contributed by atoms with Crippen LogP contribution in [0, 0.1) is 0 Å². The quantitative estimate of drug-likeness (QED) is 0.455. The van der Waals surface area contributed by atoms with Crippen molar-refractivity contribution in [1.82, 2.24) is 9.71 Å². The van der Waals surface area contributed by atoms with Crippen molar-refractivity contribution in [1.29, 1.82) is 0 Å². The number of hydrogen-bond donors (Lipinski definition) is 1. The van der Waals surface area contributed by atoms with E-state index in [1.807, 2.05) is 18.5 Å². The number of nitrogens with one attached hydrogen (secondary N) is 1. The summed E-state index contributed by atoms with van der Waals surface area (Å²) in [6.07, 6.45) is 3.70. The Morgan fingerprint density at radius 1 is 0.963 bits per heavy atom. The van der Waals surface area contributed by atoms with E-state index in [-0.39, 0.29) is 6.04 Å². The number of nitrogens with zero attached hydrogens (tertiary/aromatic N) is 2. The smallest absolute Gasteiger partial charge is 0.184 e.